The predicted molar refractivity (Wildman–Crippen MR) is 64.8 cm³/mol. The molecule has 0 atom stereocenters. The van der Waals surface area contributed by atoms with Crippen LogP contribution in [0, 0.1) is 5.92 Å². The molecule has 0 radical (unpaired) electrons. The van der Waals surface area contributed by atoms with Gasteiger partial charge >= 0.3 is 0 Å². The summed E-state index contributed by atoms with van der Waals surface area (Å²) in [6.07, 6.45) is 3.91. The van der Waals surface area contributed by atoms with Gasteiger partial charge < -0.3 is 5.11 Å². The van der Waals surface area contributed by atoms with E-state index in [9.17, 15) is 0 Å². The quantitative estimate of drug-likeness (QED) is 0.787. The van der Waals surface area contributed by atoms with Gasteiger partial charge in [0.2, 0.25) is 0 Å². The van der Waals surface area contributed by atoms with Crippen molar-refractivity contribution in [1.82, 2.24) is 29.8 Å². The third kappa shape index (κ3) is 3.13. The summed E-state index contributed by atoms with van der Waals surface area (Å²) >= 11 is 0. The molecule has 0 amide bonds. The lowest BCUT2D eigenvalue weighted by atomic mass is 10.2. The second-order valence-electron chi connectivity index (χ2n) is 4.63. The average Bonchev–Trinajstić information content (AvgIpc) is 2.90. The highest BCUT2D eigenvalue weighted by Crippen LogP contribution is 2.03. The summed E-state index contributed by atoms with van der Waals surface area (Å²) in [5.41, 5.74) is 0.785. The van der Waals surface area contributed by atoms with Crippen molar-refractivity contribution >= 4 is 0 Å². The first-order valence-corrected chi connectivity index (χ1v) is 6.05. The molecule has 0 bridgehead atoms. The van der Waals surface area contributed by atoms with Gasteiger partial charge in [0.05, 0.1) is 5.69 Å². The molecule has 2 heterocycles. The van der Waals surface area contributed by atoms with Crippen LogP contribution in [0.2, 0.25) is 0 Å². The topological polar surface area (TPSA) is 81.7 Å². The molecule has 0 aliphatic rings. The molecule has 0 aliphatic heterocycles. The Morgan fingerprint density at radius 2 is 2.22 bits per heavy atom. The predicted octanol–water partition coefficient (Wildman–Crippen LogP) is 0.109. The van der Waals surface area contributed by atoms with Crippen LogP contribution in [0.25, 0.3) is 0 Å². The zero-order valence-electron chi connectivity index (χ0n) is 10.7. The van der Waals surface area contributed by atoms with Crippen LogP contribution >= 0.6 is 0 Å². The summed E-state index contributed by atoms with van der Waals surface area (Å²) in [6, 6.07) is 0. The summed E-state index contributed by atoms with van der Waals surface area (Å²) in [5.74, 6) is 1.38. The Labute approximate surface area is 105 Å². The Morgan fingerprint density at radius 3 is 2.94 bits per heavy atom. The maximum Gasteiger partial charge on any atom is 0.148 e. The molecule has 0 fully saturated rings. The third-order valence-electron chi connectivity index (χ3n) is 2.49. The minimum absolute atomic E-state index is 0.0855. The van der Waals surface area contributed by atoms with Crippen molar-refractivity contribution in [2.75, 3.05) is 6.61 Å². The summed E-state index contributed by atoms with van der Waals surface area (Å²) in [4.78, 5) is 4.23. The van der Waals surface area contributed by atoms with Gasteiger partial charge in [-0.3, -0.25) is 0 Å². The number of aromatic nitrogens is 6. The Morgan fingerprint density at radius 1 is 1.39 bits per heavy atom. The molecule has 98 valence electrons. The van der Waals surface area contributed by atoms with E-state index >= 15 is 0 Å². The van der Waals surface area contributed by atoms with Crippen LogP contribution in [0.5, 0.6) is 0 Å². The van der Waals surface area contributed by atoms with E-state index in [1.807, 2.05) is 10.9 Å². The van der Waals surface area contributed by atoms with Crippen LogP contribution in [-0.2, 0) is 19.5 Å². The highest BCUT2D eigenvalue weighted by molar-refractivity contribution is 4.94. The molecular formula is C11H18N6O. The van der Waals surface area contributed by atoms with Gasteiger partial charge in [0.25, 0.3) is 0 Å². The first kappa shape index (κ1) is 12.7. The second-order valence-corrected chi connectivity index (χ2v) is 4.63. The molecule has 0 aliphatic carbocycles. The van der Waals surface area contributed by atoms with Crippen LogP contribution in [-0.4, -0.2) is 41.5 Å². The molecule has 0 aromatic carbocycles. The lowest BCUT2D eigenvalue weighted by Crippen LogP contribution is -2.13. The highest BCUT2D eigenvalue weighted by Gasteiger charge is 2.08. The van der Waals surface area contributed by atoms with Crippen LogP contribution < -0.4 is 0 Å². The zero-order valence-corrected chi connectivity index (χ0v) is 10.7. The van der Waals surface area contributed by atoms with Crippen molar-refractivity contribution < 1.29 is 5.11 Å². The number of rotatable bonds is 6. The number of aliphatic hydroxyl groups excluding tert-OH is 1. The smallest absolute Gasteiger partial charge is 0.148 e. The second kappa shape index (κ2) is 5.72. The fourth-order valence-corrected chi connectivity index (χ4v) is 1.70. The third-order valence-corrected chi connectivity index (χ3v) is 2.49. The maximum absolute atomic E-state index is 8.83. The van der Waals surface area contributed by atoms with E-state index in [4.69, 9.17) is 5.11 Å². The van der Waals surface area contributed by atoms with Crippen LogP contribution in [0.15, 0.2) is 12.5 Å². The number of hydrogen-bond acceptors (Lipinski definition) is 5. The fraction of sp³-hybridized carbons (Fsp3) is 0.636. The first-order valence-electron chi connectivity index (χ1n) is 6.05. The lowest BCUT2D eigenvalue weighted by molar-refractivity contribution is 0.298. The molecule has 0 unspecified atom stereocenters. The SMILES string of the molecule is CC(C)Cn1ncnc1Cn1cc(CCO)nn1. The monoisotopic (exact) mass is 250 g/mol. The summed E-state index contributed by atoms with van der Waals surface area (Å²) in [6.45, 7) is 5.75. The molecule has 0 saturated carbocycles. The molecule has 0 saturated heterocycles. The highest BCUT2D eigenvalue weighted by atomic mass is 16.3. The minimum Gasteiger partial charge on any atom is -0.396 e. The molecule has 2 aromatic heterocycles. The van der Waals surface area contributed by atoms with Gasteiger partial charge in [-0.1, -0.05) is 19.1 Å². The van der Waals surface area contributed by atoms with Gasteiger partial charge in [-0.05, 0) is 5.92 Å². The summed E-state index contributed by atoms with van der Waals surface area (Å²) in [7, 11) is 0. The molecule has 7 nitrogen and oxygen atoms in total. The maximum atomic E-state index is 8.83. The van der Waals surface area contributed by atoms with E-state index in [-0.39, 0.29) is 6.61 Å². The van der Waals surface area contributed by atoms with E-state index in [1.165, 1.54) is 0 Å². The van der Waals surface area contributed by atoms with Crippen molar-refractivity contribution in [3.63, 3.8) is 0 Å². The van der Waals surface area contributed by atoms with E-state index in [1.54, 1.807) is 11.0 Å². The van der Waals surface area contributed by atoms with Gasteiger partial charge in [0.15, 0.2) is 0 Å². The van der Waals surface area contributed by atoms with E-state index in [0.717, 1.165) is 18.1 Å². The Bertz CT molecular complexity index is 489. The van der Waals surface area contributed by atoms with Gasteiger partial charge in [-0.15, -0.1) is 5.10 Å². The fourth-order valence-electron chi connectivity index (χ4n) is 1.70. The number of aliphatic hydroxyl groups is 1. The van der Waals surface area contributed by atoms with Crippen molar-refractivity contribution in [3.05, 3.63) is 24.0 Å². The first-order chi connectivity index (χ1) is 8.69. The Kier molecular flexibility index (Phi) is 4.03. The van der Waals surface area contributed by atoms with Crippen LogP contribution in [0.1, 0.15) is 25.4 Å². The van der Waals surface area contributed by atoms with Crippen LogP contribution in [0.4, 0.5) is 0 Å². The van der Waals surface area contributed by atoms with E-state index < -0.39 is 0 Å². The average molecular weight is 250 g/mol. The van der Waals surface area contributed by atoms with Gasteiger partial charge in [0, 0.05) is 25.8 Å². The minimum atomic E-state index is 0.0855. The molecule has 1 N–H and O–H groups in total. The largest absolute Gasteiger partial charge is 0.396 e. The number of nitrogens with zero attached hydrogens (tertiary/aromatic N) is 6. The summed E-state index contributed by atoms with van der Waals surface area (Å²) in [5, 5.41) is 21.0. The molecule has 2 rings (SSSR count). The molecule has 7 heteroatoms. The normalized spacial score (nSPS) is 11.3. The van der Waals surface area contributed by atoms with Crippen molar-refractivity contribution in [2.45, 2.75) is 33.4 Å². The van der Waals surface area contributed by atoms with Crippen LogP contribution in [0.3, 0.4) is 0 Å². The van der Waals surface area contributed by atoms with Gasteiger partial charge in [-0.25, -0.2) is 14.3 Å². The van der Waals surface area contributed by atoms with Crippen molar-refractivity contribution in [2.24, 2.45) is 5.92 Å². The standard InChI is InChI=1S/C11H18N6O/c1-9(2)5-17-11(12-8-13-17)7-16-6-10(3-4-18)14-15-16/h6,8-9,18H,3-5,7H2,1-2H3. The van der Waals surface area contributed by atoms with Gasteiger partial charge in [-0.2, -0.15) is 5.10 Å². The molecular weight excluding hydrogens is 232 g/mol. The van der Waals surface area contributed by atoms with E-state index in [0.29, 0.717) is 18.9 Å². The molecule has 0 spiro atoms. The van der Waals surface area contributed by atoms with Crippen molar-refractivity contribution in [1.29, 1.82) is 0 Å². The zero-order chi connectivity index (χ0) is 13.0. The van der Waals surface area contributed by atoms with E-state index in [2.05, 4.69) is 34.2 Å². The molecule has 18 heavy (non-hydrogen) atoms. The molecule has 2 aromatic rings. The number of hydrogen-bond donors (Lipinski definition) is 1. The van der Waals surface area contributed by atoms with Gasteiger partial charge in [0.1, 0.15) is 18.7 Å². The Balaban J connectivity index is 2.06. The van der Waals surface area contributed by atoms with Crippen molar-refractivity contribution in [3.8, 4) is 0 Å². The lowest BCUT2D eigenvalue weighted by Gasteiger charge is -2.07. The Hall–Kier alpha value is -1.76. The summed E-state index contributed by atoms with van der Waals surface area (Å²) < 4.78 is 3.60.